The van der Waals surface area contributed by atoms with Gasteiger partial charge >= 0.3 is 5.97 Å². The molecule has 2 unspecified atom stereocenters. The normalized spacial score (nSPS) is 20.7. The number of carbonyl (C=O) groups excluding carboxylic acids is 2. The molecule has 0 spiro atoms. The minimum absolute atomic E-state index is 0. The van der Waals surface area contributed by atoms with Gasteiger partial charge in [0.2, 0.25) is 5.91 Å². The lowest BCUT2D eigenvalue weighted by molar-refractivity contribution is -0.153. The number of carbonyl (C=O) groups is 2. The van der Waals surface area contributed by atoms with Crippen molar-refractivity contribution in [2.24, 2.45) is 5.73 Å². The van der Waals surface area contributed by atoms with Crippen molar-refractivity contribution >= 4 is 47.6 Å². The number of halogens is 2. The van der Waals surface area contributed by atoms with E-state index in [2.05, 4.69) is 0 Å². The molecule has 4 rings (SSSR count). The van der Waals surface area contributed by atoms with E-state index < -0.39 is 18.1 Å². The van der Waals surface area contributed by atoms with Crippen LogP contribution in [0.1, 0.15) is 17.2 Å². The Bertz CT molecular complexity index is 885. The molecule has 2 atom stereocenters. The van der Waals surface area contributed by atoms with E-state index in [1.807, 2.05) is 60.7 Å². The summed E-state index contributed by atoms with van der Waals surface area (Å²) in [7, 11) is 0. The van der Waals surface area contributed by atoms with Crippen molar-refractivity contribution in [3.63, 3.8) is 0 Å². The second-order valence-corrected chi connectivity index (χ2v) is 8.00. The minimum Gasteiger partial charge on any atom is -0.448 e. The van der Waals surface area contributed by atoms with E-state index in [0.29, 0.717) is 11.3 Å². The number of nitrogens with zero attached hydrogens (tertiary/aromatic N) is 1. The molecule has 29 heavy (non-hydrogen) atoms. The fourth-order valence-electron chi connectivity index (χ4n) is 3.42. The maximum Gasteiger partial charge on any atom is 0.356 e. The quantitative estimate of drug-likeness (QED) is 0.428. The molecule has 152 valence electrons. The molecule has 2 aromatic carbocycles. The van der Waals surface area contributed by atoms with Crippen LogP contribution >= 0.6 is 35.8 Å². The first kappa shape index (κ1) is 21.7. The largest absolute Gasteiger partial charge is 0.448 e. The molecule has 1 amide bonds. The van der Waals surface area contributed by atoms with Gasteiger partial charge in [-0.2, -0.15) is 0 Å². The monoisotopic (exact) mass is 450 g/mol. The molecular formula is C21H20Cl2N2O3S. The number of amides is 1. The van der Waals surface area contributed by atoms with E-state index >= 15 is 0 Å². The summed E-state index contributed by atoms with van der Waals surface area (Å²) in [6, 6.07) is 18.4. The Labute approximate surface area is 184 Å². The van der Waals surface area contributed by atoms with Crippen molar-refractivity contribution in [1.29, 1.82) is 0 Å². The zero-order chi connectivity index (χ0) is 19.7. The zero-order valence-electron chi connectivity index (χ0n) is 15.4. The first-order chi connectivity index (χ1) is 13.6. The molecule has 8 heteroatoms. The highest BCUT2D eigenvalue weighted by Crippen LogP contribution is 2.41. The first-order valence-electron chi connectivity index (χ1n) is 8.91. The summed E-state index contributed by atoms with van der Waals surface area (Å²) >= 11 is 7.58. The Morgan fingerprint density at radius 3 is 2.21 bits per heavy atom. The van der Waals surface area contributed by atoms with Crippen LogP contribution in [0.15, 0.2) is 71.9 Å². The number of nitrogens with two attached hydrogens (primary N) is 1. The van der Waals surface area contributed by atoms with Gasteiger partial charge in [-0.1, -0.05) is 60.7 Å². The van der Waals surface area contributed by atoms with Crippen LogP contribution in [-0.2, 0) is 14.3 Å². The second kappa shape index (κ2) is 9.22. The zero-order valence-corrected chi connectivity index (χ0v) is 17.8. The Balaban J connectivity index is 0.00000240. The summed E-state index contributed by atoms with van der Waals surface area (Å²) < 4.78 is 5.93. The summed E-state index contributed by atoms with van der Waals surface area (Å²) in [4.78, 5) is 26.9. The van der Waals surface area contributed by atoms with Crippen LogP contribution in [0.4, 0.5) is 0 Å². The maximum absolute atomic E-state index is 13.2. The van der Waals surface area contributed by atoms with E-state index in [1.54, 1.807) is 0 Å². The fraction of sp³-hybridized carbons (Fsp3) is 0.238. The predicted molar refractivity (Wildman–Crippen MR) is 117 cm³/mol. The molecule has 0 aliphatic carbocycles. The molecule has 2 N–H and O–H groups in total. The van der Waals surface area contributed by atoms with Crippen molar-refractivity contribution in [2.45, 2.75) is 17.5 Å². The van der Waals surface area contributed by atoms with Crippen LogP contribution in [0.2, 0.25) is 0 Å². The number of β-lactam (4-membered cyclic amide) rings is 1. The highest BCUT2D eigenvalue weighted by molar-refractivity contribution is 8.00. The van der Waals surface area contributed by atoms with Gasteiger partial charge in [-0.05, 0) is 16.7 Å². The van der Waals surface area contributed by atoms with Crippen molar-refractivity contribution in [1.82, 2.24) is 4.90 Å². The van der Waals surface area contributed by atoms with Crippen LogP contribution < -0.4 is 5.73 Å². The van der Waals surface area contributed by atoms with E-state index in [4.69, 9.17) is 22.1 Å². The van der Waals surface area contributed by atoms with Crippen molar-refractivity contribution < 1.29 is 14.3 Å². The maximum atomic E-state index is 13.2. The van der Waals surface area contributed by atoms with E-state index in [1.165, 1.54) is 16.7 Å². The number of rotatable bonds is 5. The standard InChI is InChI=1S/C21H19ClN2O3S.ClH/c22-11-15-12-28-20-16(23)19(25)24(20)17(15)21(26)27-18(13-7-3-1-4-8-13)14-9-5-2-6-10-14;/h1-10,16,18,20H,11-12,23H2;1H. The SMILES string of the molecule is Cl.NC1C(=O)N2C(C(=O)OC(c3ccccc3)c3ccccc3)=C(CCl)CSC12. The van der Waals surface area contributed by atoms with Gasteiger partial charge in [0.15, 0.2) is 6.10 Å². The van der Waals surface area contributed by atoms with Crippen LogP contribution in [0.3, 0.4) is 0 Å². The lowest BCUT2D eigenvalue weighted by Crippen LogP contribution is -2.68. The van der Waals surface area contributed by atoms with Crippen molar-refractivity contribution in [3.05, 3.63) is 83.1 Å². The van der Waals surface area contributed by atoms with E-state index in [0.717, 1.165) is 11.1 Å². The molecule has 1 saturated heterocycles. The van der Waals surface area contributed by atoms with Crippen molar-refractivity contribution in [3.8, 4) is 0 Å². The van der Waals surface area contributed by atoms with Gasteiger partial charge in [0.05, 0.1) is 0 Å². The predicted octanol–water partition coefficient (Wildman–Crippen LogP) is 3.48. The van der Waals surface area contributed by atoms with Crippen LogP contribution in [0, 0.1) is 0 Å². The van der Waals surface area contributed by atoms with Crippen molar-refractivity contribution in [2.75, 3.05) is 11.6 Å². The molecule has 1 fully saturated rings. The van der Waals surface area contributed by atoms with Gasteiger partial charge < -0.3 is 10.5 Å². The number of fused-ring (bicyclic) bond motifs is 1. The first-order valence-corrected chi connectivity index (χ1v) is 10.5. The minimum atomic E-state index is -0.594. The Morgan fingerprint density at radius 2 is 1.69 bits per heavy atom. The molecule has 2 aliphatic heterocycles. The third-order valence-electron chi connectivity index (χ3n) is 4.87. The number of ether oxygens (including phenoxy) is 1. The van der Waals surface area contributed by atoms with E-state index in [-0.39, 0.29) is 35.3 Å². The highest BCUT2D eigenvalue weighted by Gasteiger charge is 2.52. The average molecular weight is 451 g/mol. The molecule has 5 nitrogen and oxygen atoms in total. The Morgan fingerprint density at radius 1 is 1.14 bits per heavy atom. The molecule has 0 aromatic heterocycles. The average Bonchev–Trinajstić information content (AvgIpc) is 2.76. The summed E-state index contributed by atoms with van der Waals surface area (Å²) in [5.74, 6) is -0.122. The van der Waals surface area contributed by atoms with Gasteiger partial charge in [0.25, 0.3) is 0 Å². The topological polar surface area (TPSA) is 72.6 Å². The second-order valence-electron chi connectivity index (χ2n) is 6.63. The summed E-state index contributed by atoms with van der Waals surface area (Å²) in [6.07, 6.45) is -0.586. The number of benzene rings is 2. The number of thioether (sulfide) groups is 1. The molecular weight excluding hydrogens is 431 g/mol. The van der Waals surface area contributed by atoms with Gasteiger partial charge in [-0.15, -0.1) is 35.8 Å². The number of alkyl halides is 1. The fourth-order valence-corrected chi connectivity index (χ4v) is 5.04. The number of hydrogen-bond donors (Lipinski definition) is 1. The molecule has 0 radical (unpaired) electrons. The van der Waals surface area contributed by atoms with Gasteiger partial charge in [-0.3, -0.25) is 9.69 Å². The van der Waals surface area contributed by atoms with Gasteiger partial charge in [0, 0.05) is 11.6 Å². The Kier molecular flexibility index (Phi) is 6.90. The van der Waals surface area contributed by atoms with Crippen LogP contribution in [-0.4, -0.2) is 39.8 Å². The molecule has 2 aliphatic rings. The Hall–Kier alpha value is -1.99. The van der Waals surface area contributed by atoms with Crippen LogP contribution in [0.25, 0.3) is 0 Å². The van der Waals surface area contributed by atoms with Gasteiger partial charge in [-0.25, -0.2) is 4.79 Å². The highest BCUT2D eigenvalue weighted by atomic mass is 35.5. The molecule has 0 bridgehead atoms. The third kappa shape index (κ3) is 4.03. The molecule has 2 heterocycles. The lowest BCUT2D eigenvalue weighted by atomic mass is 10.0. The summed E-state index contributed by atoms with van der Waals surface area (Å²) in [6.45, 7) is 0. The summed E-state index contributed by atoms with van der Waals surface area (Å²) in [5.41, 5.74) is 8.52. The van der Waals surface area contributed by atoms with E-state index in [9.17, 15) is 9.59 Å². The molecule has 2 aromatic rings. The third-order valence-corrected chi connectivity index (χ3v) is 6.56. The molecule has 0 saturated carbocycles. The van der Waals surface area contributed by atoms with Gasteiger partial charge in [0.1, 0.15) is 17.1 Å². The smallest absolute Gasteiger partial charge is 0.356 e. The summed E-state index contributed by atoms with van der Waals surface area (Å²) in [5, 5.41) is -0.242. The number of hydrogen-bond acceptors (Lipinski definition) is 5. The number of esters is 1. The lowest BCUT2D eigenvalue weighted by Gasteiger charge is -2.48. The van der Waals surface area contributed by atoms with Crippen LogP contribution in [0.5, 0.6) is 0 Å².